The lowest BCUT2D eigenvalue weighted by molar-refractivity contribution is -0.130. The lowest BCUT2D eigenvalue weighted by Gasteiger charge is -2.46. The van der Waals surface area contributed by atoms with Crippen molar-refractivity contribution >= 4 is 18.2 Å². The number of likely N-dealkylation sites (tertiary alicyclic amines) is 1. The van der Waals surface area contributed by atoms with Gasteiger partial charge in [-0.1, -0.05) is 13.8 Å². The smallest absolute Gasteiger partial charge is 0.407 e. The average molecular weight is 407 g/mol. The molecule has 0 aromatic carbocycles. The monoisotopic (exact) mass is 406 g/mol. The van der Waals surface area contributed by atoms with Gasteiger partial charge in [0.15, 0.2) is 5.54 Å². The Morgan fingerprint density at radius 2 is 1.90 bits per heavy atom. The van der Waals surface area contributed by atoms with Gasteiger partial charge in [-0.25, -0.2) is 4.79 Å². The Morgan fingerprint density at radius 3 is 2.55 bits per heavy atom. The summed E-state index contributed by atoms with van der Waals surface area (Å²) in [4.78, 5) is 32.2. The summed E-state index contributed by atoms with van der Waals surface area (Å²) >= 11 is 0. The predicted octanol–water partition coefficient (Wildman–Crippen LogP) is 2.60. The van der Waals surface area contributed by atoms with E-state index in [9.17, 15) is 9.59 Å². The molecule has 29 heavy (non-hydrogen) atoms. The standard InChI is InChI=1S/C22H38N4O3/c1-15(2)13-26-14-17-10-16-11-18(26)22(17,25-12-16)19(27)23-8-6-7-9-24-20(28)29-21(3,4)5/h12,15-18H,6-11,13-14H2,1-5H3,(H,23,27)(H,24,28). The van der Waals surface area contributed by atoms with E-state index in [4.69, 9.17) is 9.73 Å². The van der Waals surface area contributed by atoms with Crippen molar-refractivity contribution in [1.82, 2.24) is 15.5 Å². The van der Waals surface area contributed by atoms with Crippen LogP contribution < -0.4 is 10.6 Å². The third kappa shape index (κ3) is 4.93. The van der Waals surface area contributed by atoms with Gasteiger partial charge in [0.05, 0.1) is 0 Å². The molecule has 1 saturated heterocycles. The Balaban J connectivity index is 1.45. The van der Waals surface area contributed by atoms with Crippen molar-refractivity contribution in [2.75, 3.05) is 26.2 Å². The minimum absolute atomic E-state index is 0.0910. The second kappa shape index (κ2) is 8.62. The van der Waals surface area contributed by atoms with E-state index in [-0.39, 0.29) is 11.9 Å². The van der Waals surface area contributed by atoms with E-state index in [1.54, 1.807) is 0 Å². The van der Waals surface area contributed by atoms with Crippen LogP contribution in [0.2, 0.25) is 0 Å². The number of unbranched alkanes of at least 4 members (excludes halogenated alkanes) is 1. The molecule has 2 N–H and O–H groups in total. The fraction of sp³-hybridized carbons (Fsp3) is 0.864. The third-order valence-electron chi connectivity index (χ3n) is 6.16. The maximum atomic E-state index is 13.2. The highest BCUT2D eigenvalue weighted by Crippen LogP contribution is 2.51. The van der Waals surface area contributed by atoms with Gasteiger partial charge in [-0.15, -0.1) is 0 Å². The summed E-state index contributed by atoms with van der Waals surface area (Å²) in [6.07, 6.45) is 5.40. The van der Waals surface area contributed by atoms with Crippen LogP contribution >= 0.6 is 0 Å². The zero-order valence-corrected chi connectivity index (χ0v) is 18.7. The Kier molecular flexibility index (Phi) is 6.56. The van der Waals surface area contributed by atoms with Gasteiger partial charge >= 0.3 is 6.09 Å². The lowest BCUT2D eigenvalue weighted by atomic mass is 9.66. The molecule has 3 aliphatic heterocycles. The van der Waals surface area contributed by atoms with E-state index in [2.05, 4.69) is 29.4 Å². The molecular formula is C22H38N4O3. The molecule has 7 nitrogen and oxygen atoms in total. The first-order valence-electron chi connectivity index (χ1n) is 11.2. The summed E-state index contributed by atoms with van der Waals surface area (Å²) in [7, 11) is 0. The molecule has 7 heteroatoms. The summed E-state index contributed by atoms with van der Waals surface area (Å²) in [5, 5.41) is 5.91. The molecule has 1 saturated carbocycles. The Morgan fingerprint density at radius 1 is 1.21 bits per heavy atom. The van der Waals surface area contributed by atoms with Gasteiger partial charge in [-0.05, 0) is 58.3 Å². The molecule has 4 rings (SSSR count). The van der Waals surface area contributed by atoms with Gasteiger partial charge in [0.25, 0.3) is 0 Å². The van der Waals surface area contributed by atoms with Crippen molar-refractivity contribution in [2.24, 2.45) is 22.7 Å². The molecule has 1 aliphatic carbocycles. The summed E-state index contributed by atoms with van der Waals surface area (Å²) < 4.78 is 5.22. The highest BCUT2D eigenvalue weighted by molar-refractivity contribution is 5.92. The van der Waals surface area contributed by atoms with Gasteiger partial charge in [-0.2, -0.15) is 0 Å². The molecule has 164 valence electrons. The van der Waals surface area contributed by atoms with Gasteiger partial charge in [0.2, 0.25) is 5.91 Å². The first-order chi connectivity index (χ1) is 13.6. The van der Waals surface area contributed by atoms with Crippen molar-refractivity contribution in [3.05, 3.63) is 0 Å². The molecular weight excluding hydrogens is 368 g/mol. The topological polar surface area (TPSA) is 83.0 Å². The van der Waals surface area contributed by atoms with E-state index in [1.807, 2.05) is 27.0 Å². The van der Waals surface area contributed by atoms with Crippen LogP contribution in [0.1, 0.15) is 60.3 Å². The predicted molar refractivity (Wildman–Crippen MR) is 114 cm³/mol. The van der Waals surface area contributed by atoms with E-state index >= 15 is 0 Å². The Labute approximate surface area is 175 Å². The molecule has 3 heterocycles. The first-order valence-corrected chi connectivity index (χ1v) is 11.2. The fourth-order valence-electron chi connectivity index (χ4n) is 5.14. The molecule has 4 bridgehead atoms. The van der Waals surface area contributed by atoms with Gasteiger partial charge < -0.3 is 15.4 Å². The number of hydrogen-bond acceptors (Lipinski definition) is 5. The average Bonchev–Trinajstić information content (AvgIpc) is 2.81. The molecule has 2 amide bonds. The molecule has 4 atom stereocenters. The third-order valence-corrected chi connectivity index (χ3v) is 6.16. The molecule has 0 aromatic rings. The summed E-state index contributed by atoms with van der Waals surface area (Å²) in [6.45, 7) is 13.2. The molecule has 4 aliphatic rings. The minimum Gasteiger partial charge on any atom is -0.444 e. The van der Waals surface area contributed by atoms with Gasteiger partial charge in [-0.3, -0.25) is 14.7 Å². The van der Waals surface area contributed by atoms with Crippen molar-refractivity contribution in [1.29, 1.82) is 0 Å². The SMILES string of the molecule is CC(C)CN1CC2CC3C=NC2(C(=O)NCCCCNC(=O)OC(C)(C)C)C1C3. The zero-order chi connectivity index (χ0) is 21.2. The van der Waals surface area contributed by atoms with E-state index in [0.717, 1.165) is 38.8 Å². The van der Waals surface area contributed by atoms with Crippen LogP contribution in [-0.4, -0.2) is 66.5 Å². The number of hydrogen-bond donors (Lipinski definition) is 2. The van der Waals surface area contributed by atoms with Gasteiger partial charge in [0.1, 0.15) is 5.60 Å². The Bertz CT molecular complexity index is 642. The maximum absolute atomic E-state index is 13.2. The molecule has 2 fully saturated rings. The fourth-order valence-corrected chi connectivity index (χ4v) is 5.14. The van der Waals surface area contributed by atoms with Crippen molar-refractivity contribution in [3.8, 4) is 0 Å². The second-order valence-electron chi connectivity index (χ2n) is 10.3. The second-order valence-corrected chi connectivity index (χ2v) is 10.3. The molecule has 0 radical (unpaired) electrons. The number of aliphatic imine (C=N–C) groups is 1. The van der Waals surface area contributed by atoms with E-state index in [0.29, 0.717) is 30.8 Å². The molecule has 0 aromatic heterocycles. The number of nitrogens with one attached hydrogen (secondary N) is 2. The van der Waals surface area contributed by atoms with Crippen LogP contribution in [0, 0.1) is 17.8 Å². The van der Waals surface area contributed by atoms with E-state index in [1.165, 1.54) is 0 Å². The van der Waals surface area contributed by atoms with Gasteiger partial charge in [0, 0.05) is 44.4 Å². The summed E-state index contributed by atoms with van der Waals surface area (Å²) in [6, 6.07) is 0.243. The number of alkyl carbamates (subject to hydrolysis) is 1. The van der Waals surface area contributed by atoms with Crippen molar-refractivity contribution in [2.45, 2.75) is 77.5 Å². The molecule has 4 unspecified atom stereocenters. The number of nitrogens with zero attached hydrogens (tertiary/aromatic N) is 2. The highest BCUT2D eigenvalue weighted by Gasteiger charge is 2.63. The normalized spacial score (nSPS) is 30.6. The van der Waals surface area contributed by atoms with Crippen molar-refractivity contribution in [3.63, 3.8) is 0 Å². The lowest BCUT2D eigenvalue weighted by Crippen LogP contribution is -2.62. The number of ether oxygens (including phenoxy) is 1. The van der Waals surface area contributed by atoms with Crippen LogP contribution in [0.3, 0.4) is 0 Å². The zero-order valence-electron chi connectivity index (χ0n) is 18.7. The Hall–Kier alpha value is -1.63. The molecule has 0 spiro atoms. The maximum Gasteiger partial charge on any atom is 0.407 e. The largest absolute Gasteiger partial charge is 0.444 e. The van der Waals surface area contributed by atoms with E-state index < -0.39 is 17.2 Å². The number of rotatable bonds is 8. The first kappa shape index (κ1) is 22.1. The van der Waals surface area contributed by atoms with Crippen molar-refractivity contribution < 1.29 is 14.3 Å². The minimum atomic E-state index is -0.585. The van der Waals surface area contributed by atoms with Crippen LogP contribution in [0.4, 0.5) is 4.79 Å². The quantitative estimate of drug-likeness (QED) is 0.607. The van der Waals surface area contributed by atoms with Crippen LogP contribution in [0.5, 0.6) is 0 Å². The number of carbonyl (C=O) groups is 2. The van der Waals surface area contributed by atoms with Crippen LogP contribution in [-0.2, 0) is 9.53 Å². The number of carbonyl (C=O) groups excluding carboxylic acids is 2. The summed E-state index contributed by atoms with van der Waals surface area (Å²) in [5.41, 5.74) is -1.07. The summed E-state index contributed by atoms with van der Waals surface area (Å²) in [5.74, 6) is 1.56. The number of amides is 2. The van der Waals surface area contributed by atoms with Crippen LogP contribution in [0.25, 0.3) is 0 Å². The highest BCUT2D eigenvalue weighted by atomic mass is 16.6. The van der Waals surface area contributed by atoms with Crippen LogP contribution in [0.15, 0.2) is 4.99 Å².